The number of nitrogens with one attached hydrogen (secondary N) is 1. The van der Waals surface area contributed by atoms with Crippen LogP contribution in [0.3, 0.4) is 0 Å². The fourth-order valence-corrected chi connectivity index (χ4v) is 2.68. The first-order chi connectivity index (χ1) is 11.5. The normalized spacial score (nSPS) is 14.5. The largest absolute Gasteiger partial charge is 0.378 e. The third-order valence-corrected chi connectivity index (χ3v) is 4.29. The number of anilines is 2. The van der Waals surface area contributed by atoms with Crippen molar-refractivity contribution in [1.82, 2.24) is 9.97 Å². The average Bonchev–Trinajstić information content (AvgIpc) is 2.59. The molecule has 1 saturated heterocycles. The van der Waals surface area contributed by atoms with E-state index in [-0.39, 0.29) is 5.91 Å². The summed E-state index contributed by atoms with van der Waals surface area (Å²) in [4.78, 5) is 23.5. The number of carbonyl (C=O) groups excluding carboxylic acids is 1. The van der Waals surface area contributed by atoms with Gasteiger partial charge in [-0.3, -0.25) is 4.79 Å². The molecule has 0 bridgehead atoms. The standard InChI is InChI=1S/C17H19ClN4O2/c1-11-10-15(21-17(19-11)22-6-8-24-9-7-22)16(23)20-14-5-3-4-13(18)12(14)2/h3-5,10H,6-9H2,1-2H3,(H,20,23). The highest BCUT2D eigenvalue weighted by atomic mass is 35.5. The van der Waals surface area contributed by atoms with Gasteiger partial charge in [0.15, 0.2) is 0 Å². The lowest BCUT2D eigenvalue weighted by molar-refractivity contribution is 0.102. The second-order valence-corrected chi connectivity index (χ2v) is 6.07. The second-order valence-electron chi connectivity index (χ2n) is 5.66. The molecule has 1 aliphatic rings. The molecule has 0 radical (unpaired) electrons. The SMILES string of the molecule is Cc1cc(C(=O)Nc2cccc(Cl)c2C)nc(N2CCOCC2)n1. The van der Waals surface area contributed by atoms with Gasteiger partial charge in [0.1, 0.15) is 5.69 Å². The second kappa shape index (κ2) is 7.15. The van der Waals surface area contributed by atoms with Crippen LogP contribution < -0.4 is 10.2 Å². The van der Waals surface area contributed by atoms with E-state index in [4.69, 9.17) is 16.3 Å². The molecule has 3 rings (SSSR count). The molecule has 2 heterocycles. The van der Waals surface area contributed by atoms with E-state index in [1.54, 1.807) is 18.2 Å². The number of benzene rings is 1. The van der Waals surface area contributed by atoms with E-state index in [9.17, 15) is 4.79 Å². The maximum absolute atomic E-state index is 12.6. The van der Waals surface area contributed by atoms with Gasteiger partial charge in [-0.2, -0.15) is 0 Å². The summed E-state index contributed by atoms with van der Waals surface area (Å²) in [6, 6.07) is 7.09. The number of rotatable bonds is 3. The number of hydrogen-bond acceptors (Lipinski definition) is 5. The van der Waals surface area contributed by atoms with Crippen molar-refractivity contribution in [3.63, 3.8) is 0 Å². The molecule has 24 heavy (non-hydrogen) atoms. The molecular weight excluding hydrogens is 328 g/mol. The fourth-order valence-electron chi connectivity index (χ4n) is 2.50. The Kier molecular flexibility index (Phi) is 4.97. The first kappa shape index (κ1) is 16.7. The zero-order chi connectivity index (χ0) is 17.1. The van der Waals surface area contributed by atoms with E-state index in [1.165, 1.54) is 0 Å². The quantitative estimate of drug-likeness (QED) is 0.925. The fraction of sp³-hybridized carbons (Fsp3) is 0.353. The molecule has 0 atom stereocenters. The first-order valence-electron chi connectivity index (χ1n) is 7.79. The maximum Gasteiger partial charge on any atom is 0.274 e. The van der Waals surface area contributed by atoms with Crippen molar-refractivity contribution >= 4 is 29.1 Å². The van der Waals surface area contributed by atoms with Crippen LogP contribution in [0.4, 0.5) is 11.6 Å². The van der Waals surface area contributed by atoms with Crippen LogP contribution in [-0.2, 0) is 4.74 Å². The lowest BCUT2D eigenvalue weighted by Gasteiger charge is -2.27. The maximum atomic E-state index is 12.6. The van der Waals surface area contributed by atoms with Gasteiger partial charge in [-0.25, -0.2) is 9.97 Å². The third-order valence-electron chi connectivity index (χ3n) is 3.88. The van der Waals surface area contributed by atoms with Gasteiger partial charge in [0, 0.05) is 29.5 Å². The average molecular weight is 347 g/mol. The van der Waals surface area contributed by atoms with Gasteiger partial charge in [0.05, 0.1) is 13.2 Å². The summed E-state index contributed by atoms with van der Waals surface area (Å²) < 4.78 is 5.34. The lowest BCUT2D eigenvalue weighted by atomic mass is 10.2. The Balaban J connectivity index is 1.84. The van der Waals surface area contributed by atoms with Crippen LogP contribution in [-0.4, -0.2) is 42.2 Å². The van der Waals surface area contributed by atoms with Crippen molar-refractivity contribution in [1.29, 1.82) is 0 Å². The monoisotopic (exact) mass is 346 g/mol. The van der Waals surface area contributed by atoms with E-state index in [1.807, 2.05) is 24.8 Å². The van der Waals surface area contributed by atoms with Crippen molar-refractivity contribution in [2.45, 2.75) is 13.8 Å². The topological polar surface area (TPSA) is 67.4 Å². The third kappa shape index (κ3) is 3.66. The van der Waals surface area contributed by atoms with E-state index in [0.717, 1.165) is 24.3 Å². The summed E-state index contributed by atoms with van der Waals surface area (Å²) in [5.74, 6) is 0.284. The van der Waals surface area contributed by atoms with Crippen LogP contribution in [0.5, 0.6) is 0 Å². The zero-order valence-corrected chi connectivity index (χ0v) is 14.4. The highest BCUT2D eigenvalue weighted by molar-refractivity contribution is 6.31. The molecule has 1 fully saturated rings. The van der Waals surface area contributed by atoms with Crippen molar-refractivity contribution in [2.75, 3.05) is 36.5 Å². The number of halogens is 1. The molecule has 7 heteroatoms. The van der Waals surface area contributed by atoms with E-state index in [2.05, 4.69) is 15.3 Å². The number of morpholine rings is 1. The molecule has 0 saturated carbocycles. The van der Waals surface area contributed by atoms with E-state index in [0.29, 0.717) is 35.6 Å². The van der Waals surface area contributed by atoms with Gasteiger partial charge in [-0.1, -0.05) is 17.7 Å². The van der Waals surface area contributed by atoms with Gasteiger partial charge < -0.3 is 15.0 Å². The highest BCUT2D eigenvalue weighted by Crippen LogP contribution is 2.23. The van der Waals surface area contributed by atoms with Crippen molar-refractivity contribution in [2.24, 2.45) is 0 Å². The van der Waals surface area contributed by atoms with Crippen LogP contribution in [0.1, 0.15) is 21.7 Å². The number of aryl methyl sites for hydroxylation is 1. The Bertz CT molecular complexity index is 760. The Morgan fingerprint density at radius 1 is 1.25 bits per heavy atom. The summed E-state index contributed by atoms with van der Waals surface area (Å²) in [5.41, 5.74) is 2.59. The van der Waals surface area contributed by atoms with Gasteiger partial charge in [-0.05, 0) is 37.6 Å². The Morgan fingerprint density at radius 2 is 2.00 bits per heavy atom. The summed E-state index contributed by atoms with van der Waals surface area (Å²) in [6.07, 6.45) is 0. The number of amides is 1. The summed E-state index contributed by atoms with van der Waals surface area (Å²) >= 11 is 6.10. The number of nitrogens with zero attached hydrogens (tertiary/aromatic N) is 3. The van der Waals surface area contributed by atoms with Crippen LogP contribution >= 0.6 is 11.6 Å². The molecule has 2 aromatic rings. The Labute approximate surface area is 145 Å². The Hall–Kier alpha value is -2.18. The van der Waals surface area contributed by atoms with Gasteiger partial charge in [-0.15, -0.1) is 0 Å². The number of hydrogen-bond donors (Lipinski definition) is 1. The molecule has 1 N–H and O–H groups in total. The van der Waals surface area contributed by atoms with Crippen molar-refractivity contribution in [3.05, 3.63) is 46.2 Å². The predicted molar refractivity (Wildman–Crippen MR) is 93.9 cm³/mol. The van der Waals surface area contributed by atoms with Gasteiger partial charge >= 0.3 is 0 Å². The zero-order valence-electron chi connectivity index (χ0n) is 13.7. The van der Waals surface area contributed by atoms with Gasteiger partial charge in [0.25, 0.3) is 5.91 Å². The van der Waals surface area contributed by atoms with Gasteiger partial charge in [0.2, 0.25) is 5.95 Å². The van der Waals surface area contributed by atoms with Crippen molar-refractivity contribution < 1.29 is 9.53 Å². The molecule has 1 aromatic heterocycles. The summed E-state index contributed by atoms with van der Waals surface area (Å²) in [7, 11) is 0. The number of carbonyl (C=O) groups is 1. The molecule has 126 valence electrons. The summed E-state index contributed by atoms with van der Waals surface area (Å²) in [5, 5.41) is 3.48. The lowest BCUT2D eigenvalue weighted by Crippen LogP contribution is -2.37. The first-order valence-corrected chi connectivity index (χ1v) is 8.17. The molecule has 0 unspecified atom stereocenters. The minimum absolute atomic E-state index is 0.277. The van der Waals surface area contributed by atoms with Crippen molar-refractivity contribution in [3.8, 4) is 0 Å². The minimum atomic E-state index is -0.277. The highest BCUT2D eigenvalue weighted by Gasteiger charge is 2.18. The Morgan fingerprint density at radius 3 is 2.75 bits per heavy atom. The molecule has 0 spiro atoms. The van der Waals surface area contributed by atoms with E-state index >= 15 is 0 Å². The minimum Gasteiger partial charge on any atom is -0.378 e. The molecule has 1 aliphatic heterocycles. The van der Waals surface area contributed by atoms with Crippen LogP contribution in [0, 0.1) is 13.8 Å². The predicted octanol–water partition coefficient (Wildman–Crippen LogP) is 2.84. The molecular formula is C17H19ClN4O2. The molecule has 1 amide bonds. The molecule has 0 aliphatic carbocycles. The van der Waals surface area contributed by atoms with Crippen LogP contribution in [0.25, 0.3) is 0 Å². The molecule has 1 aromatic carbocycles. The number of aromatic nitrogens is 2. The summed E-state index contributed by atoms with van der Waals surface area (Å²) in [6.45, 7) is 6.44. The van der Waals surface area contributed by atoms with Crippen LogP contribution in [0.2, 0.25) is 5.02 Å². The number of ether oxygens (including phenoxy) is 1. The van der Waals surface area contributed by atoms with E-state index < -0.39 is 0 Å². The van der Waals surface area contributed by atoms with Crippen LogP contribution in [0.15, 0.2) is 24.3 Å². The molecule has 6 nitrogen and oxygen atoms in total. The smallest absolute Gasteiger partial charge is 0.274 e.